The van der Waals surface area contributed by atoms with Gasteiger partial charge in [-0.1, -0.05) is 30.0 Å². The van der Waals surface area contributed by atoms with E-state index >= 15 is 0 Å². The van der Waals surface area contributed by atoms with Gasteiger partial charge in [-0.3, -0.25) is 14.5 Å². The Labute approximate surface area is 197 Å². The first-order chi connectivity index (χ1) is 15.0. The first kappa shape index (κ1) is 22.2. The Balaban J connectivity index is 1.50. The second kappa shape index (κ2) is 9.64. The maximum absolute atomic E-state index is 12.8. The zero-order chi connectivity index (χ0) is 22.0. The number of nitrogens with one attached hydrogen (secondary N) is 1. The highest BCUT2D eigenvalue weighted by atomic mass is 32.2. The van der Waals surface area contributed by atoms with E-state index in [1.807, 2.05) is 17.5 Å². The van der Waals surface area contributed by atoms with Crippen molar-refractivity contribution in [2.24, 2.45) is 0 Å². The van der Waals surface area contributed by atoms with Gasteiger partial charge in [0.2, 0.25) is 5.91 Å². The van der Waals surface area contributed by atoms with Crippen LogP contribution in [0.15, 0.2) is 22.4 Å². The van der Waals surface area contributed by atoms with E-state index < -0.39 is 11.9 Å². The molecule has 2 aliphatic rings. The molecule has 0 spiro atoms. The van der Waals surface area contributed by atoms with Crippen LogP contribution in [0, 0.1) is 0 Å². The third-order valence-electron chi connectivity index (χ3n) is 4.90. The molecule has 162 valence electrons. The Hall–Kier alpha value is -2.01. The number of amides is 2. The number of hydrogen-bond donors (Lipinski definition) is 1. The number of thioether (sulfide) groups is 1. The molecule has 0 unspecified atom stereocenters. The molecule has 2 amide bonds. The van der Waals surface area contributed by atoms with Crippen LogP contribution in [0.5, 0.6) is 0 Å². The van der Waals surface area contributed by atoms with Crippen LogP contribution in [0.1, 0.15) is 45.4 Å². The van der Waals surface area contributed by atoms with Gasteiger partial charge in [-0.2, -0.15) is 0 Å². The van der Waals surface area contributed by atoms with Crippen LogP contribution < -0.4 is 5.32 Å². The van der Waals surface area contributed by atoms with Gasteiger partial charge in [-0.15, -0.1) is 22.7 Å². The topological polar surface area (TPSA) is 75.7 Å². The maximum Gasteiger partial charge on any atom is 0.341 e. The molecule has 0 bridgehead atoms. The Kier molecular flexibility index (Phi) is 6.90. The molecule has 1 fully saturated rings. The number of carbonyl (C=O) groups is 3. The van der Waals surface area contributed by atoms with Crippen LogP contribution in [-0.2, 0) is 27.2 Å². The van der Waals surface area contributed by atoms with Crippen LogP contribution in [-0.4, -0.2) is 40.2 Å². The lowest BCUT2D eigenvalue weighted by Gasteiger charge is -2.14. The predicted molar refractivity (Wildman–Crippen MR) is 130 cm³/mol. The molecule has 6 nitrogen and oxygen atoms in total. The Morgan fingerprint density at radius 1 is 1.32 bits per heavy atom. The van der Waals surface area contributed by atoms with Gasteiger partial charge in [0.25, 0.3) is 5.91 Å². The molecule has 10 heteroatoms. The van der Waals surface area contributed by atoms with E-state index in [9.17, 15) is 14.4 Å². The first-order valence-electron chi connectivity index (χ1n) is 9.88. The quantitative estimate of drug-likeness (QED) is 0.358. The van der Waals surface area contributed by atoms with Gasteiger partial charge in [0.15, 0.2) is 0 Å². The zero-order valence-corrected chi connectivity index (χ0v) is 20.0. The monoisotopic (exact) mass is 492 g/mol. The molecule has 0 aromatic carbocycles. The third-order valence-corrected chi connectivity index (χ3v) is 8.30. The van der Waals surface area contributed by atoms with E-state index in [1.54, 1.807) is 13.0 Å². The fourth-order valence-electron chi connectivity index (χ4n) is 3.52. The molecular weight excluding hydrogens is 473 g/mol. The molecule has 2 aromatic rings. The highest BCUT2D eigenvalue weighted by Gasteiger charge is 2.34. The number of thiocarbonyl (C=S) groups is 1. The van der Waals surface area contributed by atoms with Gasteiger partial charge in [-0.05, 0) is 55.7 Å². The Bertz CT molecular complexity index is 1070. The van der Waals surface area contributed by atoms with Crippen LogP contribution in [0.25, 0.3) is 6.08 Å². The number of nitrogens with zero attached hydrogens (tertiary/aromatic N) is 1. The molecule has 1 saturated heterocycles. The van der Waals surface area contributed by atoms with Crippen molar-refractivity contribution in [3.63, 3.8) is 0 Å². The standard InChI is InChI=1S/C21H20N2O4S4/c1-2-27-20(26)17-13-7-3-4-8-14(13)30-18(17)22-16(24)11-23-19(25)15(31-21(23)28)10-12-6-5-9-29-12/h5-6,9-10H,2-4,7-8,11H2,1H3,(H,22,24)/b15-10-. The van der Waals surface area contributed by atoms with Crippen LogP contribution in [0.4, 0.5) is 5.00 Å². The largest absolute Gasteiger partial charge is 0.462 e. The second-order valence-corrected chi connectivity index (χ2v) is 10.7. The summed E-state index contributed by atoms with van der Waals surface area (Å²) in [5.41, 5.74) is 1.44. The highest BCUT2D eigenvalue weighted by molar-refractivity contribution is 8.26. The number of anilines is 1. The molecule has 31 heavy (non-hydrogen) atoms. The van der Waals surface area contributed by atoms with Crippen molar-refractivity contribution in [1.82, 2.24) is 4.90 Å². The van der Waals surface area contributed by atoms with Crippen LogP contribution in [0.2, 0.25) is 0 Å². The van der Waals surface area contributed by atoms with Gasteiger partial charge < -0.3 is 10.1 Å². The molecule has 0 radical (unpaired) electrons. The fraction of sp³-hybridized carbons (Fsp3) is 0.333. The molecule has 1 N–H and O–H groups in total. The van der Waals surface area contributed by atoms with Crippen molar-refractivity contribution >= 4 is 79.8 Å². The van der Waals surface area contributed by atoms with Crippen molar-refractivity contribution in [1.29, 1.82) is 0 Å². The van der Waals surface area contributed by atoms with Gasteiger partial charge in [-0.25, -0.2) is 4.79 Å². The number of thiophene rings is 2. The average molecular weight is 493 g/mol. The number of rotatable bonds is 6. The summed E-state index contributed by atoms with van der Waals surface area (Å²) in [5, 5.41) is 5.26. The van der Waals surface area contributed by atoms with E-state index in [4.69, 9.17) is 17.0 Å². The summed E-state index contributed by atoms with van der Waals surface area (Å²) >= 11 is 9.46. The number of esters is 1. The van der Waals surface area contributed by atoms with E-state index in [1.165, 1.54) is 39.3 Å². The molecule has 1 aliphatic carbocycles. The lowest BCUT2D eigenvalue weighted by Crippen LogP contribution is -2.36. The average Bonchev–Trinajstić information content (AvgIpc) is 3.43. The number of ether oxygens (including phenoxy) is 1. The Morgan fingerprint density at radius 3 is 2.87 bits per heavy atom. The van der Waals surface area contributed by atoms with Gasteiger partial charge >= 0.3 is 5.97 Å². The molecular formula is C21H20N2O4S4. The van der Waals surface area contributed by atoms with E-state index in [2.05, 4.69) is 5.32 Å². The first-order valence-corrected chi connectivity index (χ1v) is 12.8. The summed E-state index contributed by atoms with van der Waals surface area (Å²) in [6.07, 6.45) is 5.56. The summed E-state index contributed by atoms with van der Waals surface area (Å²) in [6.45, 7) is 1.83. The van der Waals surface area contributed by atoms with E-state index in [0.717, 1.165) is 41.0 Å². The van der Waals surface area contributed by atoms with Crippen molar-refractivity contribution in [2.45, 2.75) is 32.6 Å². The van der Waals surface area contributed by atoms with Gasteiger partial charge in [0, 0.05) is 9.75 Å². The predicted octanol–water partition coefficient (Wildman–Crippen LogP) is 4.71. The fourth-order valence-corrected chi connectivity index (χ4v) is 6.79. The third kappa shape index (κ3) is 4.77. The highest BCUT2D eigenvalue weighted by Crippen LogP contribution is 2.39. The van der Waals surface area contributed by atoms with Crippen molar-refractivity contribution < 1.29 is 19.1 Å². The normalized spacial score (nSPS) is 17.2. The van der Waals surface area contributed by atoms with E-state index in [0.29, 0.717) is 19.8 Å². The minimum atomic E-state index is -0.415. The van der Waals surface area contributed by atoms with Crippen molar-refractivity contribution in [2.75, 3.05) is 18.5 Å². The number of carbonyl (C=O) groups excluding carboxylic acids is 3. The molecule has 4 rings (SSSR count). The molecule has 2 aromatic heterocycles. The lowest BCUT2D eigenvalue weighted by atomic mass is 9.95. The smallest absolute Gasteiger partial charge is 0.341 e. The SMILES string of the molecule is CCOC(=O)c1c(NC(=O)CN2C(=O)/C(=C/c3cccs3)SC2=S)sc2c1CCCC2. The summed E-state index contributed by atoms with van der Waals surface area (Å²) in [5.74, 6) is -1.09. The number of hydrogen-bond acceptors (Lipinski definition) is 8. The molecule has 0 saturated carbocycles. The summed E-state index contributed by atoms with van der Waals surface area (Å²) in [7, 11) is 0. The lowest BCUT2D eigenvalue weighted by molar-refractivity contribution is -0.126. The maximum atomic E-state index is 12.8. The minimum Gasteiger partial charge on any atom is -0.462 e. The van der Waals surface area contributed by atoms with Gasteiger partial charge in [0.1, 0.15) is 15.9 Å². The minimum absolute atomic E-state index is 0.197. The molecule has 1 aliphatic heterocycles. The zero-order valence-electron chi connectivity index (χ0n) is 16.8. The van der Waals surface area contributed by atoms with Crippen molar-refractivity contribution in [3.8, 4) is 0 Å². The van der Waals surface area contributed by atoms with Crippen molar-refractivity contribution in [3.05, 3.63) is 43.3 Å². The van der Waals surface area contributed by atoms with Gasteiger partial charge in [0.05, 0.1) is 17.1 Å². The van der Waals surface area contributed by atoms with Crippen LogP contribution in [0.3, 0.4) is 0 Å². The van der Waals surface area contributed by atoms with E-state index in [-0.39, 0.29) is 19.1 Å². The summed E-state index contributed by atoms with van der Waals surface area (Å²) in [6, 6.07) is 3.83. The summed E-state index contributed by atoms with van der Waals surface area (Å²) < 4.78 is 5.57. The number of aryl methyl sites for hydroxylation is 1. The number of fused-ring (bicyclic) bond motifs is 1. The summed E-state index contributed by atoms with van der Waals surface area (Å²) in [4.78, 5) is 42.0. The second-order valence-electron chi connectivity index (χ2n) is 6.97. The molecule has 0 atom stereocenters. The Morgan fingerprint density at radius 2 is 2.13 bits per heavy atom. The van der Waals surface area contributed by atoms with Crippen LogP contribution >= 0.6 is 46.7 Å². The molecule has 3 heterocycles.